The van der Waals surface area contributed by atoms with Gasteiger partial charge in [-0.1, -0.05) is 18.5 Å². The van der Waals surface area contributed by atoms with Crippen molar-refractivity contribution in [2.24, 2.45) is 0 Å². The first-order valence-corrected chi connectivity index (χ1v) is 6.55. The molecule has 0 amide bonds. The predicted molar refractivity (Wildman–Crippen MR) is 74.0 cm³/mol. The Hall–Kier alpha value is -1.04. The van der Waals surface area contributed by atoms with Crippen LogP contribution >= 0.6 is 11.6 Å². The van der Waals surface area contributed by atoms with Gasteiger partial charge in [-0.05, 0) is 12.6 Å². The predicted octanol–water partition coefficient (Wildman–Crippen LogP) is 1.45. The molecule has 1 unspecified atom stereocenters. The minimum Gasteiger partial charge on any atom is -0.396 e. The van der Waals surface area contributed by atoms with Crippen LogP contribution in [0, 0.1) is 0 Å². The van der Waals surface area contributed by atoms with Crippen molar-refractivity contribution in [3.8, 4) is 0 Å². The van der Waals surface area contributed by atoms with Crippen LogP contribution in [0.5, 0.6) is 0 Å². The van der Waals surface area contributed by atoms with Crippen molar-refractivity contribution in [1.29, 1.82) is 0 Å². The molecule has 3 N–H and O–H groups in total. The molecule has 0 spiro atoms. The second-order valence-electron chi connectivity index (χ2n) is 4.36. The van der Waals surface area contributed by atoms with Crippen LogP contribution in [0.3, 0.4) is 0 Å². The first-order chi connectivity index (χ1) is 8.69. The van der Waals surface area contributed by atoms with Crippen LogP contribution in [-0.4, -0.2) is 48.8 Å². The number of morpholine rings is 1. The second-order valence-corrected chi connectivity index (χ2v) is 4.79. The van der Waals surface area contributed by atoms with Gasteiger partial charge in [-0.15, -0.1) is 0 Å². The largest absolute Gasteiger partial charge is 0.396 e. The van der Waals surface area contributed by atoms with E-state index in [1.165, 1.54) is 0 Å². The van der Waals surface area contributed by atoms with Crippen LogP contribution in [0.2, 0.25) is 5.02 Å². The van der Waals surface area contributed by atoms with E-state index in [1.54, 1.807) is 12.3 Å². The highest BCUT2D eigenvalue weighted by Gasteiger charge is 2.19. The molecular formula is C12H19ClN4O. The summed E-state index contributed by atoms with van der Waals surface area (Å²) in [5.41, 5.74) is 6.39. The highest BCUT2D eigenvalue weighted by Crippen LogP contribution is 2.19. The minimum absolute atomic E-state index is 0.176. The van der Waals surface area contributed by atoms with Crippen LogP contribution < -0.4 is 11.1 Å². The quantitative estimate of drug-likeness (QED) is 0.867. The van der Waals surface area contributed by atoms with Crippen molar-refractivity contribution in [3.63, 3.8) is 0 Å². The first kappa shape index (κ1) is 13.4. The summed E-state index contributed by atoms with van der Waals surface area (Å²) < 4.78 is 5.70. The number of halogens is 1. The molecule has 6 heteroatoms. The Bertz CT molecular complexity index is 402. The van der Waals surface area contributed by atoms with E-state index in [2.05, 4.69) is 22.1 Å². The molecule has 2 rings (SSSR count). The lowest BCUT2D eigenvalue weighted by Gasteiger charge is -2.32. The van der Waals surface area contributed by atoms with E-state index in [0.29, 0.717) is 23.1 Å². The molecule has 1 fully saturated rings. The Morgan fingerprint density at radius 2 is 2.50 bits per heavy atom. The van der Waals surface area contributed by atoms with Crippen LogP contribution in [0.25, 0.3) is 0 Å². The number of ether oxygens (including phenoxy) is 1. The minimum atomic E-state index is 0.176. The van der Waals surface area contributed by atoms with Crippen molar-refractivity contribution < 1.29 is 4.74 Å². The Morgan fingerprint density at radius 3 is 3.22 bits per heavy atom. The maximum atomic E-state index is 5.83. The van der Waals surface area contributed by atoms with Crippen LogP contribution in [0.15, 0.2) is 12.3 Å². The molecule has 0 aromatic carbocycles. The fraction of sp³-hybridized carbons (Fsp3) is 0.583. The topological polar surface area (TPSA) is 63.4 Å². The molecule has 0 bridgehead atoms. The molecule has 18 heavy (non-hydrogen) atoms. The zero-order chi connectivity index (χ0) is 13.0. The van der Waals surface area contributed by atoms with E-state index >= 15 is 0 Å². The number of hydrogen-bond acceptors (Lipinski definition) is 5. The zero-order valence-corrected chi connectivity index (χ0v) is 11.3. The maximum Gasteiger partial charge on any atom is 0.149 e. The van der Waals surface area contributed by atoms with Crippen molar-refractivity contribution in [1.82, 2.24) is 9.88 Å². The van der Waals surface area contributed by atoms with Gasteiger partial charge in [0.1, 0.15) is 5.82 Å². The summed E-state index contributed by atoms with van der Waals surface area (Å²) in [5.74, 6) is 0.664. The van der Waals surface area contributed by atoms with Gasteiger partial charge in [0.15, 0.2) is 0 Å². The number of rotatable bonds is 4. The summed E-state index contributed by atoms with van der Waals surface area (Å²) in [6.07, 6.45) is 1.76. The van der Waals surface area contributed by atoms with Crippen molar-refractivity contribution in [3.05, 3.63) is 17.3 Å². The highest BCUT2D eigenvalue weighted by molar-refractivity contribution is 6.30. The lowest BCUT2D eigenvalue weighted by atomic mass is 10.2. The summed E-state index contributed by atoms with van der Waals surface area (Å²) in [7, 11) is 0. The molecule has 2 heterocycles. The van der Waals surface area contributed by atoms with E-state index in [4.69, 9.17) is 22.1 Å². The van der Waals surface area contributed by atoms with E-state index in [-0.39, 0.29) is 6.10 Å². The van der Waals surface area contributed by atoms with Gasteiger partial charge < -0.3 is 15.8 Å². The molecule has 1 aromatic heterocycles. The third kappa shape index (κ3) is 3.48. The number of pyridine rings is 1. The fourth-order valence-electron chi connectivity index (χ4n) is 2.00. The second kappa shape index (κ2) is 6.22. The molecular weight excluding hydrogens is 252 g/mol. The average molecular weight is 271 g/mol. The van der Waals surface area contributed by atoms with Crippen molar-refractivity contribution in [2.75, 3.05) is 43.8 Å². The van der Waals surface area contributed by atoms with Gasteiger partial charge in [0.2, 0.25) is 0 Å². The third-order valence-electron chi connectivity index (χ3n) is 3.05. The molecule has 100 valence electrons. The average Bonchev–Trinajstić information content (AvgIpc) is 2.38. The van der Waals surface area contributed by atoms with Gasteiger partial charge in [-0.25, -0.2) is 4.98 Å². The third-order valence-corrected chi connectivity index (χ3v) is 3.26. The monoisotopic (exact) mass is 270 g/mol. The zero-order valence-electron chi connectivity index (χ0n) is 10.5. The molecule has 1 atom stereocenters. The smallest absolute Gasteiger partial charge is 0.149 e. The Morgan fingerprint density at radius 1 is 1.67 bits per heavy atom. The molecule has 1 aliphatic heterocycles. The van der Waals surface area contributed by atoms with Gasteiger partial charge >= 0.3 is 0 Å². The number of aromatic nitrogens is 1. The van der Waals surface area contributed by atoms with Crippen molar-refractivity contribution >= 4 is 23.1 Å². The first-order valence-electron chi connectivity index (χ1n) is 6.18. The number of nitrogens with zero attached hydrogens (tertiary/aromatic N) is 2. The summed E-state index contributed by atoms with van der Waals surface area (Å²) >= 11 is 5.80. The fourth-order valence-corrected chi connectivity index (χ4v) is 2.17. The Kier molecular flexibility index (Phi) is 4.63. The number of nitrogens with one attached hydrogen (secondary N) is 1. The summed E-state index contributed by atoms with van der Waals surface area (Å²) in [4.78, 5) is 6.53. The molecule has 1 aromatic rings. The molecule has 1 aliphatic rings. The van der Waals surface area contributed by atoms with E-state index in [9.17, 15) is 0 Å². The lowest BCUT2D eigenvalue weighted by molar-refractivity contribution is -0.0192. The SMILES string of the molecule is CCN1CCOC(CNc2ncc(Cl)cc2N)C1. The lowest BCUT2D eigenvalue weighted by Crippen LogP contribution is -2.45. The Balaban J connectivity index is 1.87. The summed E-state index contributed by atoms with van der Waals surface area (Å²) in [5, 5.41) is 3.75. The van der Waals surface area contributed by atoms with Gasteiger partial charge in [-0.3, -0.25) is 4.90 Å². The van der Waals surface area contributed by atoms with Crippen LogP contribution in [0.1, 0.15) is 6.92 Å². The van der Waals surface area contributed by atoms with E-state index < -0.39 is 0 Å². The number of anilines is 2. The summed E-state index contributed by atoms with van der Waals surface area (Å²) in [6.45, 7) is 6.65. The maximum absolute atomic E-state index is 5.83. The van der Waals surface area contributed by atoms with Gasteiger partial charge in [-0.2, -0.15) is 0 Å². The van der Waals surface area contributed by atoms with Crippen molar-refractivity contribution in [2.45, 2.75) is 13.0 Å². The molecule has 1 saturated heterocycles. The normalized spacial score (nSPS) is 20.9. The van der Waals surface area contributed by atoms with Crippen LogP contribution in [-0.2, 0) is 4.74 Å². The van der Waals surface area contributed by atoms with Crippen LogP contribution in [0.4, 0.5) is 11.5 Å². The van der Waals surface area contributed by atoms with Gasteiger partial charge in [0.25, 0.3) is 0 Å². The number of nitrogen functional groups attached to an aromatic ring is 1. The summed E-state index contributed by atoms with van der Waals surface area (Å²) in [6, 6.07) is 1.69. The number of nitrogens with two attached hydrogens (primary N) is 1. The molecule has 0 radical (unpaired) electrons. The number of hydrogen-bond donors (Lipinski definition) is 2. The number of likely N-dealkylation sites (N-methyl/N-ethyl adjacent to an activating group) is 1. The standard InChI is InChI=1S/C12H19ClN4O/c1-2-17-3-4-18-10(8-17)7-16-12-11(14)5-9(13)6-15-12/h5-6,10H,2-4,7-8,14H2,1H3,(H,15,16). The molecule has 0 saturated carbocycles. The molecule has 5 nitrogen and oxygen atoms in total. The van der Waals surface area contributed by atoms with Gasteiger partial charge in [0, 0.05) is 25.8 Å². The molecule has 0 aliphatic carbocycles. The van der Waals surface area contributed by atoms with E-state index in [1.807, 2.05) is 0 Å². The van der Waals surface area contributed by atoms with E-state index in [0.717, 1.165) is 26.2 Å². The Labute approximate surface area is 112 Å². The highest BCUT2D eigenvalue weighted by atomic mass is 35.5. The van der Waals surface area contributed by atoms with Gasteiger partial charge in [0.05, 0.1) is 23.4 Å².